The van der Waals surface area contributed by atoms with Gasteiger partial charge in [-0.1, -0.05) is 36.9 Å². The molecule has 1 fully saturated rings. The molecule has 1 N–H and O–H groups in total. The number of carboxylic acids is 1. The summed E-state index contributed by atoms with van der Waals surface area (Å²) in [6, 6.07) is 5.27. The highest BCUT2D eigenvalue weighted by atomic mass is 35.5. The van der Waals surface area contributed by atoms with E-state index in [0.717, 1.165) is 0 Å². The molecule has 0 unspecified atom stereocenters. The standard InChI is InChI=1S/C17H23ClO3/c1-17(2,16(19)20)13-8-9-15(14(18)10-13)21-11-12-6-4-3-5-7-12/h8-10,12H,3-7,11H2,1-2H3,(H,19,20). The number of halogens is 1. The zero-order valence-electron chi connectivity index (χ0n) is 12.7. The Morgan fingerprint density at radius 1 is 1.33 bits per heavy atom. The molecule has 0 heterocycles. The maximum Gasteiger partial charge on any atom is 0.313 e. The molecular weight excluding hydrogens is 288 g/mol. The molecule has 116 valence electrons. The van der Waals surface area contributed by atoms with Gasteiger partial charge in [-0.3, -0.25) is 4.79 Å². The van der Waals surface area contributed by atoms with Crippen molar-refractivity contribution < 1.29 is 14.6 Å². The maximum atomic E-state index is 11.3. The van der Waals surface area contributed by atoms with Crippen LogP contribution in [0.4, 0.5) is 0 Å². The third-order valence-corrected chi connectivity index (χ3v) is 4.68. The largest absolute Gasteiger partial charge is 0.492 e. The highest BCUT2D eigenvalue weighted by Crippen LogP contribution is 2.33. The Morgan fingerprint density at radius 3 is 2.57 bits per heavy atom. The molecule has 0 saturated heterocycles. The van der Waals surface area contributed by atoms with Gasteiger partial charge in [-0.2, -0.15) is 0 Å². The molecule has 0 amide bonds. The maximum absolute atomic E-state index is 11.3. The third kappa shape index (κ3) is 3.91. The van der Waals surface area contributed by atoms with E-state index >= 15 is 0 Å². The van der Waals surface area contributed by atoms with E-state index in [9.17, 15) is 9.90 Å². The van der Waals surface area contributed by atoms with Crippen LogP contribution in [0.3, 0.4) is 0 Å². The van der Waals surface area contributed by atoms with Crippen LogP contribution in [0.5, 0.6) is 5.75 Å². The SMILES string of the molecule is CC(C)(C(=O)O)c1ccc(OCC2CCCCC2)c(Cl)c1. The Bertz CT molecular complexity index is 505. The van der Waals surface area contributed by atoms with E-state index in [1.54, 1.807) is 32.0 Å². The minimum atomic E-state index is -0.953. The normalized spacial score (nSPS) is 16.7. The van der Waals surface area contributed by atoms with Crippen molar-refractivity contribution in [3.8, 4) is 5.75 Å². The monoisotopic (exact) mass is 310 g/mol. The zero-order valence-corrected chi connectivity index (χ0v) is 13.4. The number of aliphatic carboxylic acids is 1. The van der Waals surface area contributed by atoms with Crippen molar-refractivity contribution in [3.05, 3.63) is 28.8 Å². The van der Waals surface area contributed by atoms with Crippen molar-refractivity contribution in [2.75, 3.05) is 6.61 Å². The number of carboxylic acid groups (broad SMARTS) is 1. The first-order valence-corrected chi connectivity index (χ1v) is 7.95. The minimum Gasteiger partial charge on any atom is -0.492 e. The van der Waals surface area contributed by atoms with E-state index in [2.05, 4.69) is 0 Å². The minimum absolute atomic E-state index is 0.484. The average Bonchev–Trinajstić information content (AvgIpc) is 2.46. The second-order valence-electron chi connectivity index (χ2n) is 6.39. The van der Waals surface area contributed by atoms with Crippen LogP contribution in [-0.2, 0) is 10.2 Å². The van der Waals surface area contributed by atoms with E-state index in [-0.39, 0.29) is 0 Å². The highest BCUT2D eigenvalue weighted by Gasteiger charge is 2.30. The summed E-state index contributed by atoms with van der Waals surface area (Å²) in [5, 5.41) is 9.74. The van der Waals surface area contributed by atoms with E-state index in [4.69, 9.17) is 16.3 Å². The van der Waals surface area contributed by atoms with E-state index < -0.39 is 11.4 Å². The zero-order chi connectivity index (χ0) is 15.5. The fourth-order valence-corrected chi connectivity index (χ4v) is 2.93. The lowest BCUT2D eigenvalue weighted by Crippen LogP contribution is -2.28. The lowest BCUT2D eigenvalue weighted by atomic mass is 9.85. The molecule has 0 atom stereocenters. The molecule has 2 rings (SSSR count). The molecule has 3 nitrogen and oxygen atoms in total. The molecule has 1 aliphatic carbocycles. The van der Waals surface area contributed by atoms with Gasteiger partial charge in [0.25, 0.3) is 0 Å². The number of hydrogen-bond donors (Lipinski definition) is 1. The van der Waals surface area contributed by atoms with Gasteiger partial charge >= 0.3 is 5.97 Å². The fourth-order valence-electron chi connectivity index (χ4n) is 2.69. The molecule has 0 aromatic heterocycles. The molecule has 1 aromatic carbocycles. The fraction of sp³-hybridized carbons (Fsp3) is 0.588. The summed E-state index contributed by atoms with van der Waals surface area (Å²) in [6.07, 6.45) is 6.35. The summed E-state index contributed by atoms with van der Waals surface area (Å²) in [7, 11) is 0. The summed E-state index contributed by atoms with van der Waals surface area (Å²) >= 11 is 6.24. The van der Waals surface area contributed by atoms with Gasteiger partial charge in [-0.25, -0.2) is 0 Å². The Balaban J connectivity index is 2.03. The van der Waals surface area contributed by atoms with Crippen LogP contribution in [0.25, 0.3) is 0 Å². The lowest BCUT2D eigenvalue weighted by Gasteiger charge is -2.23. The molecule has 0 spiro atoms. The van der Waals surface area contributed by atoms with Gasteiger partial charge in [0, 0.05) is 0 Å². The molecule has 1 aliphatic rings. The van der Waals surface area contributed by atoms with Crippen LogP contribution >= 0.6 is 11.6 Å². The van der Waals surface area contributed by atoms with Gasteiger partial charge < -0.3 is 9.84 Å². The molecular formula is C17H23ClO3. The number of ether oxygens (including phenoxy) is 1. The number of hydrogen-bond acceptors (Lipinski definition) is 2. The predicted molar refractivity (Wildman–Crippen MR) is 84.2 cm³/mol. The summed E-state index contributed by atoms with van der Waals surface area (Å²) < 4.78 is 5.83. The van der Waals surface area contributed by atoms with Crippen molar-refractivity contribution in [2.24, 2.45) is 5.92 Å². The summed E-state index contributed by atoms with van der Waals surface area (Å²) in [5.74, 6) is 0.395. The topological polar surface area (TPSA) is 46.5 Å². The Hall–Kier alpha value is -1.22. The van der Waals surface area contributed by atoms with Gasteiger partial charge in [0.05, 0.1) is 17.0 Å². The van der Waals surface area contributed by atoms with Crippen molar-refractivity contribution >= 4 is 17.6 Å². The van der Waals surface area contributed by atoms with Crippen LogP contribution in [0.1, 0.15) is 51.5 Å². The van der Waals surface area contributed by atoms with Gasteiger partial charge in [0.15, 0.2) is 0 Å². The number of benzene rings is 1. The molecule has 0 radical (unpaired) electrons. The first kappa shape index (κ1) is 16.2. The van der Waals surface area contributed by atoms with Crippen LogP contribution < -0.4 is 4.74 Å². The van der Waals surface area contributed by atoms with E-state index in [0.29, 0.717) is 28.9 Å². The summed E-state index contributed by atoms with van der Waals surface area (Å²) in [6.45, 7) is 4.04. The van der Waals surface area contributed by atoms with E-state index in [1.807, 2.05) is 0 Å². The van der Waals surface area contributed by atoms with Crippen molar-refractivity contribution in [1.82, 2.24) is 0 Å². The van der Waals surface area contributed by atoms with Crippen LogP contribution in [-0.4, -0.2) is 17.7 Å². The Labute approximate surface area is 131 Å². The average molecular weight is 311 g/mol. The molecule has 21 heavy (non-hydrogen) atoms. The first-order valence-electron chi connectivity index (χ1n) is 7.57. The van der Waals surface area contributed by atoms with Crippen molar-refractivity contribution in [2.45, 2.75) is 51.4 Å². The Kier molecular flexibility index (Phi) is 5.15. The second kappa shape index (κ2) is 6.69. The van der Waals surface area contributed by atoms with Gasteiger partial charge in [0.1, 0.15) is 5.75 Å². The van der Waals surface area contributed by atoms with Crippen molar-refractivity contribution in [1.29, 1.82) is 0 Å². The molecule has 4 heteroatoms. The summed E-state index contributed by atoms with van der Waals surface area (Å²) in [4.78, 5) is 11.3. The van der Waals surface area contributed by atoms with Gasteiger partial charge in [0.2, 0.25) is 0 Å². The number of rotatable bonds is 5. The highest BCUT2D eigenvalue weighted by molar-refractivity contribution is 6.32. The molecule has 1 saturated carbocycles. The molecule has 0 bridgehead atoms. The first-order chi connectivity index (χ1) is 9.91. The molecule has 0 aliphatic heterocycles. The van der Waals surface area contributed by atoms with E-state index in [1.165, 1.54) is 32.1 Å². The van der Waals surface area contributed by atoms with Gasteiger partial charge in [-0.05, 0) is 50.3 Å². The molecule has 1 aromatic rings. The third-order valence-electron chi connectivity index (χ3n) is 4.39. The number of carbonyl (C=O) groups is 1. The van der Waals surface area contributed by atoms with Crippen molar-refractivity contribution in [3.63, 3.8) is 0 Å². The van der Waals surface area contributed by atoms with Crippen LogP contribution in [0, 0.1) is 5.92 Å². The quantitative estimate of drug-likeness (QED) is 0.860. The summed E-state index contributed by atoms with van der Waals surface area (Å²) in [5.41, 5.74) is -0.268. The Morgan fingerprint density at radius 2 is 2.00 bits per heavy atom. The smallest absolute Gasteiger partial charge is 0.313 e. The predicted octanol–water partition coefficient (Wildman–Crippen LogP) is 4.66. The van der Waals surface area contributed by atoms with Crippen LogP contribution in [0.15, 0.2) is 18.2 Å². The lowest BCUT2D eigenvalue weighted by molar-refractivity contribution is -0.142. The van der Waals surface area contributed by atoms with Gasteiger partial charge in [-0.15, -0.1) is 0 Å². The second-order valence-corrected chi connectivity index (χ2v) is 6.80. The van der Waals surface area contributed by atoms with Crippen LogP contribution in [0.2, 0.25) is 5.02 Å².